The molecular weight excluding hydrogens is 1080 g/mol. The number of hydrogen-bond donors (Lipinski definition) is 0. The Morgan fingerprint density at radius 2 is 0.583 bits per heavy atom. The lowest BCUT2D eigenvalue weighted by molar-refractivity contribution is 1.15. The lowest BCUT2D eigenvalue weighted by Crippen LogP contribution is -1.99. The second kappa shape index (κ2) is 17.6. The van der Waals surface area contributed by atoms with Gasteiger partial charge in [-0.15, -0.1) is 34.0 Å². The van der Waals surface area contributed by atoms with Crippen LogP contribution in [0.5, 0.6) is 0 Å². The quantitative estimate of drug-likeness (QED) is 0.166. The van der Waals surface area contributed by atoms with Crippen molar-refractivity contribution in [3.63, 3.8) is 0 Å². The van der Waals surface area contributed by atoms with Gasteiger partial charge in [0.1, 0.15) is 0 Å². The van der Waals surface area contributed by atoms with Crippen molar-refractivity contribution in [2.24, 2.45) is 0 Å². The van der Waals surface area contributed by atoms with Crippen molar-refractivity contribution in [1.29, 1.82) is 0 Å². The Kier molecular flexibility index (Phi) is 9.75. The van der Waals surface area contributed by atoms with E-state index in [1.54, 1.807) is 0 Å². The van der Waals surface area contributed by atoms with E-state index in [2.05, 4.69) is 275 Å². The summed E-state index contributed by atoms with van der Waals surface area (Å²) in [6, 6.07) is 95.7. The summed E-state index contributed by atoms with van der Waals surface area (Å²) in [6.45, 7) is 0. The van der Waals surface area contributed by atoms with Crippen LogP contribution < -0.4 is 0 Å². The average molecular weight is 1120 g/mol. The number of para-hydroxylation sites is 3. The van der Waals surface area contributed by atoms with Gasteiger partial charge in [-0.25, -0.2) is 9.97 Å². The molecule has 5 nitrogen and oxygen atoms in total. The van der Waals surface area contributed by atoms with Crippen LogP contribution in [0.4, 0.5) is 0 Å². The van der Waals surface area contributed by atoms with Gasteiger partial charge in [-0.3, -0.25) is 0 Å². The number of rotatable bonds is 6. The highest BCUT2D eigenvalue weighted by Gasteiger charge is 2.23. The standard InChI is InChI=1S/C76H43N5S3/c1-7-25-58-50(19-1)70-61(35-38-67-73(70)53-22-4-10-28-64(53)82-67)79(58)47-33-31-44(32-34-47)76-77-56(45-15-13-17-48(41-45)80-59-26-8-2-20-51(59)71-62(80)36-39-68-74(71)54-23-5-11-29-65(54)83-68)43-57(78-76)46-16-14-18-49(42-46)81-60-27-9-3-21-52(60)72-63(81)37-40-69-75(72)55-24-6-12-30-66(55)84-69/h1-43H. The third-order valence-corrected chi connectivity index (χ3v) is 20.8. The Morgan fingerprint density at radius 1 is 0.226 bits per heavy atom. The maximum absolute atomic E-state index is 5.54. The summed E-state index contributed by atoms with van der Waals surface area (Å²) < 4.78 is 15.1. The van der Waals surface area contributed by atoms with E-state index in [-0.39, 0.29) is 0 Å². The van der Waals surface area contributed by atoms with Crippen LogP contribution in [-0.4, -0.2) is 23.7 Å². The van der Waals surface area contributed by atoms with Crippen LogP contribution in [0.15, 0.2) is 261 Å². The molecule has 84 heavy (non-hydrogen) atoms. The van der Waals surface area contributed by atoms with Gasteiger partial charge in [-0.05, 0) is 127 Å². The number of fused-ring (bicyclic) bond motifs is 21. The summed E-state index contributed by atoms with van der Waals surface area (Å²) in [7, 11) is 0. The lowest BCUT2D eigenvalue weighted by Gasteiger charge is -2.14. The molecule has 0 aliphatic carbocycles. The summed E-state index contributed by atoms with van der Waals surface area (Å²) in [4.78, 5) is 11.1. The van der Waals surface area contributed by atoms with E-state index in [0.29, 0.717) is 5.82 Å². The molecule has 7 heterocycles. The van der Waals surface area contributed by atoms with Crippen LogP contribution in [0.3, 0.4) is 0 Å². The van der Waals surface area contributed by atoms with E-state index in [1.807, 2.05) is 34.0 Å². The molecule has 12 aromatic carbocycles. The minimum absolute atomic E-state index is 0.658. The second-order valence-electron chi connectivity index (χ2n) is 22.0. The molecule has 0 atom stereocenters. The summed E-state index contributed by atoms with van der Waals surface area (Å²) >= 11 is 5.60. The summed E-state index contributed by atoms with van der Waals surface area (Å²) in [5.41, 5.74) is 14.9. The molecule has 0 amide bonds. The molecule has 390 valence electrons. The highest BCUT2D eigenvalue weighted by Crippen LogP contribution is 2.47. The van der Waals surface area contributed by atoms with E-state index in [4.69, 9.17) is 9.97 Å². The number of thiophene rings is 3. The molecule has 7 aromatic heterocycles. The minimum atomic E-state index is 0.658. The topological polar surface area (TPSA) is 40.6 Å². The number of aromatic nitrogens is 5. The first-order valence-corrected chi connectivity index (χ1v) is 30.8. The monoisotopic (exact) mass is 1120 g/mol. The Morgan fingerprint density at radius 3 is 0.988 bits per heavy atom. The van der Waals surface area contributed by atoms with Crippen LogP contribution in [0.25, 0.3) is 177 Å². The zero-order chi connectivity index (χ0) is 54.7. The molecule has 0 aliphatic heterocycles. The molecule has 0 saturated carbocycles. The van der Waals surface area contributed by atoms with Crippen molar-refractivity contribution in [3.8, 4) is 51.0 Å². The fourth-order valence-corrected chi connectivity index (χ4v) is 17.2. The van der Waals surface area contributed by atoms with E-state index in [0.717, 1.165) is 45.1 Å². The van der Waals surface area contributed by atoms with Crippen molar-refractivity contribution in [2.45, 2.75) is 0 Å². The third-order valence-electron chi connectivity index (χ3n) is 17.4. The molecule has 0 unspecified atom stereocenters. The molecule has 8 heteroatoms. The molecule has 0 fully saturated rings. The summed E-state index contributed by atoms with van der Waals surface area (Å²) in [5.74, 6) is 0.658. The van der Waals surface area contributed by atoms with Gasteiger partial charge >= 0.3 is 0 Å². The maximum Gasteiger partial charge on any atom is 0.160 e. The van der Waals surface area contributed by atoms with Crippen molar-refractivity contribution < 1.29 is 0 Å². The summed E-state index contributed by atoms with van der Waals surface area (Å²) in [5, 5.41) is 15.5. The first kappa shape index (κ1) is 46.4. The molecule has 19 rings (SSSR count). The largest absolute Gasteiger partial charge is 0.309 e. The van der Waals surface area contributed by atoms with Crippen LogP contribution in [0.1, 0.15) is 0 Å². The maximum atomic E-state index is 5.54. The van der Waals surface area contributed by atoms with Gasteiger partial charge in [-0.1, -0.05) is 133 Å². The lowest BCUT2D eigenvalue weighted by atomic mass is 10.0. The molecule has 0 aliphatic rings. The predicted octanol–water partition coefficient (Wildman–Crippen LogP) is 21.9. The highest BCUT2D eigenvalue weighted by molar-refractivity contribution is 7.26. The van der Waals surface area contributed by atoms with Gasteiger partial charge in [0.15, 0.2) is 5.82 Å². The molecular formula is C76H43N5S3. The summed E-state index contributed by atoms with van der Waals surface area (Å²) in [6.07, 6.45) is 0. The van der Waals surface area contributed by atoms with Gasteiger partial charge in [0, 0.05) is 127 Å². The second-order valence-corrected chi connectivity index (χ2v) is 25.2. The van der Waals surface area contributed by atoms with E-state index in [9.17, 15) is 0 Å². The first-order chi connectivity index (χ1) is 41.6. The molecule has 0 spiro atoms. The highest BCUT2D eigenvalue weighted by atomic mass is 32.1. The zero-order valence-electron chi connectivity index (χ0n) is 44.8. The Hall–Kier alpha value is -10.2. The Balaban J connectivity index is 0.799. The van der Waals surface area contributed by atoms with Gasteiger partial charge in [-0.2, -0.15) is 0 Å². The molecule has 0 saturated heterocycles. The van der Waals surface area contributed by atoms with Crippen LogP contribution in [0, 0.1) is 0 Å². The molecule has 0 N–H and O–H groups in total. The van der Waals surface area contributed by atoms with Crippen LogP contribution in [-0.2, 0) is 0 Å². The van der Waals surface area contributed by atoms with Crippen molar-refractivity contribution >= 4 is 160 Å². The average Bonchev–Trinajstić information content (AvgIpc) is 1.95. The van der Waals surface area contributed by atoms with E-state index < -0.39 is 0 Å². The normalized spacial score (nSPS) is 12.3. The van der Waals surface area contributed by atoms with Crippen molar-refractivity contribution in [1.82, 2.24) is 23.7 Å². The van der Waals surface area contributed by atoms with Gasteiger partial charge in [0.05, 0.1) is 44.5 Å². The fraction of sp³-hybridized carbons (Fsp3) is 0. The zero-order valence-corrected chi connectivity index (χ0v) is 47.2. The number of hydrogen-bond acceptors (Lipinski definition) is 5. The van der Waals surface area contributed by atoms with Gasteiger partial charge in [0.25, 0.3) is 0 Å². The molecule has 19 aromatic rings. The van der Waals surface area contributed by atoms with Gasteiger partial charge in [0.2, 0.25) is 0 Å². The number of nitrogens with zero attached hydrogens (tertiary/aromatic N) is 5. The molecule has 0 radical (unpaired) electrons. The van der Waals surface area contributed by atoms with Crippen molar-refractivity contribution in [3.05, 3.63) is 261 Å². The Labute approximate surface area is 492 Å². The van der Waals surface area contributed by atoms with E-state index in [1.165, 1.54) is 126 Å². The third kappa shape index (κ3) is 6.64. The van der Waals surface area contributed by atoms with Crippen molar-refractivity contribution in [2.75, 3.05) is 0 Å². The Bertz CT molecular complexity index is 5750. The first-order valence-electron chi connectivity index (χ1n) is 28.4. The SMILES string of the molecule is c1cc(-c2cc(-c3cccc(-n4c5ccccc5c5c6c(ccc54)sc4ccccc46)c3)nc(-c3ccc(-n4c5ccccc5c5c6c(ccc54)sc4ccccc46)cc3)n2)cc(-n2c3ccccc3c3c4c(ccc32)sc2ccccc24)c1. The van der Waals surface area contributed by atoms with Crippen LogP contribution in [0.2, 0.25) is 0 Å². The van der Waals surface area contributed by atoms with Crippen LogP contribution >= 0.6 is 34.0 Å². The fourth-order valence-electron chi connectivity index (χ4n) is 13.9. The number of benzene rings is 12. The van der Waals surface area contributed by atoms with Gasteiger partial charge < -0.3 is 13.7 Å². The smallest absolute Gasteiger partial charge is 0.160 e. The minimum Gasteiger partial charge on any atom is -0.309 e. The van der Waals surface area contributed by atoms with E-state index >= 15 is 0 Å². The predicted molar refractivity (Wildman–Crippen MR) is 360 cm³/mol. The molecule has 0 bridgehead atoms.